The number of amides is 4. The Hall–Kier alpha value is -5.10. The van der Waals surface area contributed by atoms with E-state index >= 15 is 0 Å². The van der Waals surface area contributed by atoms with E-state index in [1.54, 1.807) is 24.3 Å². The van der Waals surface area contributed by atoms with Gasteiger partial charge in [-0.3, -0.25) is 9.59 Å². The van der Waals surface area contributed by atoms with E-state index in [0.717, 1.165) is 36.2 Å². The molecule has 1 atom stereocenters. The number of aryl methyl sites for hydroxylation is 1. The molecule has 1 N–H and O–H groups in total. The van der Waals surface area contributed by atoms with Crippen LogP contribution in [0.15, 0.2) is 66.9 Å². The number of urea groups is 1. The minimum Gasteiger partial charge on any atom is -0.482 e. The van der Waals surface area contributed by atoms with Crippen LogP contribution in [0.1, 0.15) is 59.0 Å². The van der Waals surface area contributed by atoms with Gasteiger partial charge in [0.2, 0.25) is 0 Å². The monoisotopic (exact) mass is 653 g/mol. The molecule has 4 heterocycles. The topological polar surface area (TPSA) is 113 Å². The SMILES string of the molecule is CN(C)c1ccc(C2c3cccn3-c3sc4c(c3CN2C(=O)Nc2ccc(OCC(=O)ON3C(=O)CCC3=O)cc2)CCCC4)cc1. The van der Waals surface area contributed by atoms with Gasteiger partial charge in [0.1, 0.15) is 10.8 Å². The first-order valence-electron chi connectivity index (χ1n) is 15.7. The molecule has 12 heteroatoms. The van der Waals surface area contributed by atoms with Gasteiger partial charge in [-0.05, 0) is 85.3 Å². The van der Waals surface area contributed by atoms with E-state index in [9.17, 15) is 19.2 Å². The fourth-order valence-corrected chi connectivity index (χ4v) is 7.85. The second kappa shape index (κ2) is 12.6. The number of ether oxygens (including phenoxy) is 1. The van der Waals surface area contributed by atoms with Gasteiger partial charge >= 0.3 is 12.0 Å². The first-order valence-corrected chi connectivity index (χ1v) is 16.5. The lowest BCUT2D eigenvalue weighted by molar-refractivity contribution is -0.198. The van der Waals surface area contributed by atoms with Crippen molar-refractivity contribution < 1.29 is 28.8 Å². The van der Waals surface area contributed by atoms with Crippen molar-refractivity contribution in [2.75, 3.05) is 30.9 Å². The molecule has 0 bridgehead atoms. The normalized spacial score (nSPS) is 17.0. The number of carbonyl (C=O) groups is 4. The van der Waals surface area contributed by atoms with Gasteiger partial charge in [-0.25, -0.2) is 9.59 Å². The lowest BCUT2D eigenvalue weighted by Crippen LogP contribution is -2.38. The smallest absolute Gasteiger partial charge is 0.370 e. The highest BCUT2D eigenvalue weighted by Crippen LogP contribution is 2.44. The van der Waals surface area contributed by atoms with E-state index in [2.05, 4.69) is 57.4 Å². The standard InChI is InChI=1S/C35H35N5O6S/c1-37(2)24-13-9-22(10-14-24)33-28-7-5-19-38(28)34-27(26-6-3-4-8-29(26)47-34)20-39(33)35(44)36-23-11-15-25(16-12-23)45-21-32(43)46-40-30(41)17-18-31(40)42/h5,7,9-16,19,33H,3-4,6,8,17-18,20-21H2,1-2H3,(H,36,44). The van der Waals surface area contributed by atoms with Gasteiger partial charge in [-0.15, -0.1) is 16.4 Å². The molecule has 2 aromatic carbocycles. The number of anilines is 2. The summed E-state index contributed by atoms with van der Waals surface area (Å²) in [6, 6.07) is 18.6. The van der Waals surface area contributed by atoms with Crippen molar-refractivity contribution in [3.8, 4) is 10.8 Å². The van der Waals surface area contributed by atoms with Crippen LogP contribution >= 0.6 is 11.3 Å². The van der Waals surface area contributed by atoms with Crippen LogP contribution in [-0.4, -0.2) is 59.0 Å². The van der Waals surface area contributed by atoms with Crippen LogP contribution in [0, 0.1) is 0 Å². The van der Waals surface area contributed by atoms with Crippen molar-refractivity contribution in [2.45, 2.75) is 51.1 Å². The van der Waals surface area contributed by atoms with Gasteiger partial charge in [0.15, 0.2) is 6.61 Å². The van der Waals surface area contributed by atoms with Crippen LogP contribution in [0.2, 0.25) is 0 Å². The molecular formula is C35H35N5O6S. The number of hydrogen-bond donors (Lipinski definition) is 1. The van der Waals surface area contributed by atoms with Gasteiger partial charge in [0.25, 0.3) is 11.8 Å². The lowest BCUT2D eigenvalue weighted by atomic mass is 9.95. The number of aromatic nitrogens is 1. The maximum Gasteiger partial charge on any atom is 0.370 e. The molecule has 47 heavy (non-hydrogen) atoms. The molecule has 1 fully saturated rings. The number of fused-ring (bicyclic) bond motifs is 5. The van der Waals surface area contributed by atoms with Crippen LogP contribution in [0.25, 0.3) is 5.00 Å². The van der Waals surface area contributed by atoms with Crippen LogP contribution in [-0.2, 0) is 38.6 Å². The number of hydrogen-bond acceptors (Lipinski definition) is 8. The molecule has 4 aromatic rings. The summed E-state index contributed by atoms with van der Waals surface area (Å²) in [5.41, 5.74) is 6.29. The highest BCUT2D eigenvalue weighted by Gasteiger charge is 2.36. The molecule has 0 radical (unpaired) electrons. The third-order valence-electron chi connectivity index (χ3n) is 8.83. The largest absolute Gasteiger partial charge is 0.482 e. The summed E-state index contributed by atoms with van der Waals surface area (Å²) >= 11 is 1.85. The number of nitrogens with zero attached hydrogens (tertiary/aromatic N) is 4. The maximum absolute atomic E-state index is 14.3. The molecule has 2 aliphatic heterocycles. The molecule has 4 amide bonds. The molecule has 242 valence electrons. The third kappa shape index (κ3) is 5.96. The second-order valence-electron chi connectivity index (χ2n) is 12.1. The fraction of sp³-hybridized carbons (Fsp3) is 0.314. The van der Waals surface area contributed by atoms with Crippen molar-refractivity contribution in [3.63, 3.8) is 0 Å². The van der Waals surface area contributed by atoms with Crippen LogP contribution in [0.3, 0.4) is 0 Å². The molecule has 3 aliphatic rings. The van der Waals surface area contributed by atoms with E-state index in [1.165, 1.54) is 27.4 Å². The summed E-state index contributed by atoms with van der Waals surface area (Å²) in [6.07, 6.45) is 6.58. The van der Waals surface area contributed by atoms with Gasteiger partial charge in [0.05, 0.1) is 18.3 Å². The number of carbonyl (C=O) groups excluding carboxylic acids is 4. The van der Waals surface area contributed by atoms with Gasteiger partial charge in [-0.1, -0.05) is 12.1 Å². The second-order valence-corrected chi connectivity index (χ2v) is 13.2. The summed E-state index contributed by atoms with van der Waals surface area (Å²) in [7, 11) is 4.02. The van der Waals surface area contributed by atoms with Crippen molar-refractivity contribution >= 4 is 46.5 Å². The number of imide groups is 1. The van der Waals surface area contributed by atoms with Crippen LogP contribution in [0.5, 0.6) is 5.75 Å². The van der Waals surface area contributed by atoms with E-state index in [-0.39, 0.29) is 24.9 Å². The van der Waals surface area contributed by atoms with E-state index in [1.807, 2.05) is 30.3 Å². The zero-order chi connectivity index (χ0) is 32.7. The maximum atomic E-state index is 14.3. The highest BCUT2D eigenvalue weighted by molar-refractivity contribution is 7.15. The zero-order valence-electron chi connectivity index (χ0n) is 26.2. The fourth-order valence-electron chi connectivity index (χ4n) is 6.45. The molecule has 0 saturated carbocycles. The Morgan fingerprint density at radius 1 is 0.915 bits per heavy atom. The molecule has 2 aromatic heterocycles. The number of nitrogens with one attached hydrogen (secondary N) is 1. The van der Waals surface area contributed by atoms with Gasteiger partial charge in [0, 0.05) is 54.9 Å². The molecule has 1 unspecified atom stereocenters. The van der Waals surface area contributed by atoms with Gasteiger partial charge in [-0.2, -0.15) is 0 Å². The zero-order valence-corrected chi connectivity index (χ0v) is 27.0. The molecule has 7 rings (SSSR count). The first kappa shape index (κ1) is 30.5. The third-order valence-corrected chi connectivity index (χ3v) is 10.2. The average molecular weight is 654 g/mol. The van der Waals surface area contributed by atoms with Crippen molar-refractivity contribution in [1.29, 1.82) is 0 Å². The first-order chi connectivity index (χ1) is 22.8. The Morgan fingerprint density at radius 3 is 2.36 bits per heavy atom. The van der Waals surface area contributed by atoms with E-state index in [0.29, 0.717) is 23.0 Å². The molecule has 11 nitrogen and oxygen atoms in total. The Bertz CT molecular complexity index is 1830. The van der Waals surface area contributed by atoms with Crippen molar-refractivity contribution in [3.05, 3.63) is 94.1 Å². The lowest BCUT2D eigenvalue weighted by Gasteiger charge is -2.31. The van der Waals surface area contributed by atoms with Crippen LogP contribution < -0.4 is 15.0 Å². The molecule has 1 aliphatic carbocycles. The highest BCUT2D eigenvalue weighted by atomic mass is 32.1. The number of rotatable bonds is 7. The minimum atomic E-state index is -0.864. The summed E-state index contributed by atoms with van der Waals surface area (Å²) in [5.74, 6) is -1.61. The summed E-state index contributed by atoms with van der Waals surface area (Å²) in [6.45, 7) is -0.0160. The summed E-state index contributed by atoms with van der Waals surface area (Å²) < 4.78 is 7.77. The average Bonchev–Trinajstić information content (AvgIpc) is 3.76. The van der Waals surface area contributed by atoms with Crippen LogP contribution in [0.4, 0.5) is 16.2 Å². The quantitative estimate of drug-likeness (QED) is 0.258. The van der Waals surface area contributed by atoms with Gasteiger partial charge < -0.3 is 29.3 Å². The predicted octanol–water partition coefficient (Wildman–Crippen LogP) is 5.61. The Kier molecular flexibility index (Phi) is 8.19. The van der Waals surface area contributed by atoms with Crippen molar-refractivity contribution in [1.82, 2.24) is 14.5 Å². The van der Waals surface area contributed by atoms with E-state index in [4.69, 9.17) is 9.57 Å². The number of hydroxylamine groups is 2. The number of thiophene rings is 1. The molecule has 0 spiro atoms. The van der Waals surface area contributed by atoms with E-state index < -0.39 is 24.4 Å². The molecular weight excluding hydrogens is 618 g/mol. The summed E-state index contributed by atoms with van der Waals surface area (Å²) in [5, 5.41) is 4.77. The Labute approximate surface area is 276 Å². The minimum absolute atomic E-state index is 0.0183. The number of benzene rings is 2. The summed E-state index contributed by atoms with van der Waals surface area (Å²) in [4.78, 5) is 60.1. The Balaban J connectivity index is 1.13. The molecule has 1 saturated heterocycles. The van der Waals surface area contributed by atoms with Crippen molar-refractivity contribution in [2.24, 2.45) is 0 Å². The predicted molar refractivity (Wildman–Crippen MR) is 177 cm³/mol. The Morgan fingerprint density at radius 2 is 1.64 bits per heavy atom.